The number of amides is 1. The van der Waals surface area contributed by atoms with Crippen LogP contribution in [0.4, 0.5) is 5.69 Å². The summed E-state index contributed by atoms with van der Waals surface area (Å²) >= 11 is 7.03. The monoisotopic (exact) mass is 443 g/mol. The molecule has 1 amide bonds. The molecule has 8 heteroatoms. The second-order valence-corrected chi connectivity index (χ2v) is 9.27. The molecule has 1 aromatic heterocycles. The highest BCUT2D eigenvalue weighted by Gasteiger charge is 2.35. The topological polar surface area (TPSA) is 63.6 Å². The summed E-state index contributed by atoms with van der Waals surface area (Å²) in [5.41, 5.74) is 1.92. The number of hydrogen-bond donors (Lipinski definition) is 1. The number of carbonyl (C=O) groups excluding carboxylic acids is 1. The molecule has 6 nitrogen and oxygen atoms in total. The third-order valence-electron chi connectivity index (χ3n) is 5.51. The minimum Gasteiger partial charge on any atom is -0.494 e. The number of rotatable bonds is 5. The van der Waals surface area contributed by atoms with Gasteiger partial charge in [0.25, 0.3) is 5.56 Å². The van der Waals surface area contributed by atoms with Crippen LogP contribution in [0.2, 0.25) is 0 Å². The van der Waals surface area contributed by atoms with Crippen molar-refractivity contribution in [1.82, 2.24) is 9.47 Å². The molecule has 30 heavy (non-hydrogen) atoms. The van der Waals surface area contributed by atoms with Crippen LogP contribution in [0.5, 0.6) is 5.75 Å². The first kappa shape index (κ1) is 20.9. The van der Waals surface area contributed by atoms with Crippen LogP contribution in [0, 0.1) is 5.92 Å². The molecule has 2 atom stereocenters. The lowest BCUT2D eigenvalue weighted by Gasteiger charge is -2.43. The van der Waals surface area contributed by atoms with Gasteiger partial charge in [0.05, 0.1) is 12.4 Å². The van der Waals surface area contributed by atoms with Crippen molar-refractivity contribution in [2.24, 2.45) is 5.92 Å². The predicted octanol–water partition coefficient (Wildman–Crippen LogP) is 3.32. The Hall–Kier alpha value is -2.32. The van der Waals surface area contributed by atoms with E-state index in [0.29, 0.717) is 18.4 Å². The second-order valence-electron chi connectivity index (χ2n) is 7.66. The number of piperidine rings is 1. The molecule has 1 N–H and O–H groups in total. The van der Waals surface area contributed by atoms with Crippen LogP contribution in [0.1, 0.15) is 25.0 Å². The zero-order valence-corrected chi connectivity index (χ0v) is 18.5. The van der Waals surface area contributed by atoms with Crippen molar-refractivity contribution < 1.29 is 9.53 Å². The summed E-state index contributed by atoms with van der Waals surface area (Å²) in [6, 6.07) is 12.9. The van der Waals surface area contributed by atoms with Crippen molar-refractivity contribution in [1.29, 1.82) is 0 Å². The quantitative estimate of drug-likeness (QED) is 0.716. The van der Waals surface area contributed by atoms with Crippen molar-refractivity contribution >= 4 is 39.9 Å². The molecule has 3 heterocycles. The zero-order valence-electron chi connectivity index (χ0n) is 16.9. The SMILES string of the molecule is CCOc1ccc(NC(=O)CSC(=S)N2C[C@@H]3C[C@@H](C2)c2cccc(=O)n2C3)cc1. The highest BCUT2D eigenvalue weighted by atomic mass is 32.2. The maximum absolute atomic E-state index is 12.3. The van der Waals surface area contributed by atoms with E-state index in [-0.39, 0.29) is 17.2 Å². The molecule has 0 saturated carbocycles. The van der Waals surface area contributed by atoms with E-state index in [9.17, 15) is 9.59 Å². The van der Waals surface area contributed by atoms with E-state index in [2.05, 4.69) is 10.2 Å². The summed E-state index contributed by atoms with van der Waals surface area (Å²) in [5.74, 6) is 1.69. The number of ether oxygens (including phenoxy) is 1. The van der Waals surface area contributed by atoms with Gasteiger partial charge in [0.1, 0.15) is 10.1 Å². The smallest absolute Gasteiger partial charge is 0.250 e. The van der Waals surface area contributed by atoms with Gasteiger partial charge < -0.3 is 19.5 Å². The maximum Gasteiger partial charge on any atom is 0.250 e. The van der Waals surface area contributed by atoms with E-state index in [4.69, 9.17) is 17.0 Å². The van der Waals surface area contributed by atoms with Crippen LogP contribution in [0.15, 0.2) is 47.3 Å². The molecule has 0 aliphatic carbocycles. The third-order valence-corrected chi connectivity index (χ3v) is 7.04. The van der Waals surface area contributed by atoms with E-state index in [0.717, 1.165) is 47.5 Å². The van der Waals surface area contributed by atoms with Gasteiger partial charge in [-0.3, -0.25) is 9.59 Å². The number of thioether (sulfide) groups is 1. The first-order chi connectivity index (χ1) is 14.5. The number of anilines is 1. The molecular formula is C22H25N3O3S2. The highest BCUT2D eigenvalue weighted by Crippen LogP contribution is 2.36. The molecule has 4 rings (SSSR count). The van der Waals surface area contributed by atoms with Gasteiger partial charge in [-0.15, -0.1) is 0 Å². The maximum atomic E-state index is 12.3. The van der Waals surface area contributed by atoms with E-state index < -0.39 is 0 Å². The zero-order chi connectivity index (χ0) is 21.1. The number of carbonyl (C=O) groups is 1. The number of hydrogen-bond acceptors (Lipinski definition) is 5. The normalized spacial score (nSPS) is 19.7. The van der Waals surface area contributed by atoms with Crippen LogP contribution in [0.25, 0.3) is 0 Å². The van der Waals surface area contributed by atoms with Crippen molar-refractivity contribution in [3.63, 3.8) is 0 Å². The van der Waals surface area contributed by atoms with Crippen LogP contribution < -0.4 is 15.6 Å². The van der Waals surface area contributed by atoms with Gasteiger partial charge >= 0.3 is 0 Å². The number of likely N-dealkylation sites (tertiary alicyclic amines) is 1. The first-order valence-corrected chi connectivity index (χ1v) is 11.6. The molecule has 0 radical (unpaired) electrons. The lowest BCUT2D eigenvalue weighted by Crippen LogP contribution is -2.48. The van der Waals surface area contributed by atoms with Crippen molar-refractivity contribution in [3.8, 4) is 5.75 Å². The Bertz CT molecular complexity index is 990. The fourth-order valence-corrected chi connectivity index (χ4v) is 5.25. The number of nitrogens with zero attached hydrogens (tertiary/aromatic N) is 2. The van der Waals surface area contributed by atoms with Crippen molar-refractivity contribution in [3.05, 3.63) is 58.5 Å². The first-order valence-electron chi connectivity index (χ1n) is 10.2. The summed E-state index contributed by atoms with van der Waals surface area (Å²) in [4.78, 5) is 26.7. The molecule has 1 aromatic carbocycles. The Balaban J connectivity index is 1.30. The predicted molar refractivity (Wildman–Crippen MR) is 124 cm³/mol. The molecule has 1 fully saturated rings. The van der Waals surface area contributed by atoms with Gasteiger partial charge in [-0.25, -0.2) is 0 Å². The molecule has 2 bridgehead atoms. The number of thiocarbonyl (C=S) groups is 1. The molecule has 2 aliphatic heterocycles. The lowest BCUT2D eigenvalue weighted by molar-refractivity contribution is -0.113. The highest BCUT2D eigenvalue weighted by molar-refractivity contribution is 8.23. The number of nitrogens with one attached hydrogen (secondary N) is 1. The van der Waals surface area contributed by atoms with E-state index in [1.807, 2.05) is 47.9 Å². The van der Waals surface area contributed by atoms with Crippen LogP contribution in [0.3, 0.4) is 0 Å². The van der Waals surface area contributed by atoms with Gasteiger partial charge in [0.15, 0.2) is 0 Å². The van der Waals surface area contributed by atoms with Crippen LogP contribution in [-0.2, 0) is 11.3 Å². The Morgan fingerprint density at radius 3 is 2.77 bits per heavy atom. The van der Waals surface area contributed by atoms with Crippen molar-refractivity contribution in [2.75, 3.05) is 30.8 Å². The summed E-state index contributed by atoms with van der Waals surface area (Å²) in [6.07, 6.45) is 1.09. The van der Waals surface area contributed by atoms with Gasteiger partial charge in [-0.05, 0) is 49.6 Å². The Kier molecular flexibility index (Phi) is 6.43. The molecule has 158 valence electrons. The summed E-state index contributed by atoms with van der Waals surface area (Å²) in [7, 11) is 0. The molecule has 2 aliphatic rings. The van der Waals surface area contributed by atoms with Gasteiger partial charge in [0, 0.05) is 43.0 Å². The average molecular weight is 444 g/mol. The molecule has 0 unspecified atom stereocenters. The Labute approximate surface area is 185 Å². The second kappa shape index (κ2) is 9.22. The Morgan fingerprint density at radius 1 is 1.20 bits per heavy atom. The standard InChI is InChI=1S/C22H25N3O3S2/c1-2-28-18-8-6-17(7-9-18)23-20(26)14-30-22(29)24-11-15-10-16(13-24)19-4-3-5-21(27)25(19)12-15/h3-9,15-16H,2,10-14H2,1H3,(H,23,26)/t15-,16-/m0/s1. The minimum atomic E-state index is -0.0828. The average Bonchev–Trinajstić information content (AvgIpc) is 2.74. The van der Waals surface area contributed by atoms with Crippen LogP contribution >= 0.6 is 24.0 Å². The largest absolute Gasteiger partial charge is 0.494 e. The summed E-state index contributed by atoms with van der Waals surface area (Å²) in [6.45, 7) is 4.92. The van der Waals surface area contributed by atoms with Gasteiger partial charge in [0.2, 0.25) is 5.91 Å². The van der Waals surface area contributed by atoms with E-state index in [1.165, 1.54) is 11.8 Å². The summed E-state index contributed by atoms with van der Waals surface area (Å²) in [5, 5.41) is 2.90. The van der Waals surface area contributed by atoms with Crippen LogP contribution in [-0.4, -0.2) is 45.1 Å². The van der Waals surface area contributed by atoms with Gasteiger partial charge in [-0.1, -0.05) is 30.0 Å². The van der Waals surface area contributed by atoms with Crippen molar-refractivity contribution in [2.45, 2.75) is 25.8 Å². The van der Waals surface area contributed by atoms with E-state index >= 15 is 0 Å². The molecule has 1 saturated heterocycles. The number of benzene rings is 1. The number of pyridine rings is 1. The molecular weight excluding hydrogens is 418 g/mol. The lowest BCUT2D eigenvalue weighted by atomic mass is 9.83. The molecule has 0 spiro atoms. The number of aromatic nitrogens is 1. The number of fused-ring (bicyclic) bond motifs is 4. The Morgan fingerprint density at radius 2 is 2.00 bits per heavy atom. The fourth-order valence-electron chi connectivity index (χ4n) is 4.26. The fraction of sp³-hybridized carbons (Fsp3) is 0.409. The molecule has 2 aromatic rings. The van der Waals surface area contributed by atoms with E-state index in [1.54, 1.807) is 6.07 Å². The minimum absolute atomic E-state index is 0.0820. The van der Waals surface area contributed by atoms with Gasteiger partial charge in [-0.2, -0.15) is 0 Å². The summed E-state index contributed by atoms with van der Waals surface area (Å²) < 4.78 is 8.08. The third kappa shape index (κ3) is 4.70.